The van der Waals surface area contributed by atoms with Crippen LogP contribution in [0.5, 0.6) is 0 Å². The van der Waals surface area contributed by atoms with Crippen molar-refractivity contribution in [3.8, 4) is 0 Å². The van der Waals surface area contributed by atoms with E-state index in [1.54, 1.807) is 0 Å². The zero-order valence-corrected chi connectivity index (χ0v) is 22.0. The fourth-order valence-electron chi connectivity index (χ4n) is 3.37. The quantitative estimate of drug-likeness (QED) is 0.293. The monoisotopic (exact) mass is 584 g/mol. The maximum atomic E-state index is 13.4. The van der Waals surface area contributed by atoms with Crippen LogP contribution in [0.1, 0.15) is 30.1 Å². The fourth-order valence-corrected chi connectivity index (χ4v) is 5.49. The minimum Gasteiger partial charge on any atom is -0.393 e. The van der Waals surface area contributed by atoms with Gasteiger partial charge in [0.25, 0.3) is 5.91 Å². The molecule has 2 aromatic rings. The second-order valence-electron chi connectivity index (χ2n) is 7.11. The van der Waals surface area contributed by atoms with Gasteiger partial charge in [0.15, 0.2) is 0 Å². The summed E-state index contributed by atoms with van der Waals surface area (Å²) in [4.78, 5) is 12.6. The average Bonchev–Trinajstić information content (AvgIpc) is 2.78. The molecule has 1 fully saturated rings. The number of aliphatic hydroxyl groups excluding tert-OH is 1. The van der Waals surface area contributed by atoms with Crippen LogP contribution in [-0.4, -0.2) is 42.9 Å². The summed E-state index contributed by atoms with van der Waals surface area (Å²) < 4.78 is 41.1. The first kappa shape index (κ1) is 27.4. The first-order valence-corrected chi connectivity index (χ1v) is 13.8. The summed E-state index contributed by atoms with van der Waals surface area (Å²) in [6.45, 7) is 2.32. The zero-order chi connectivity index (χ0) is 24.1. The van der Waals surface area contributed by atoms with E-state index in [1.807, 2.05) is 6.92 Å². The molecule has 2 aromatic carbocycles. The Morgan fingerprint density at radius 1 is 1.31 bits per heavy atom. The third-order valence-electron chi connectivity index (χ3n) is 5.18. The number of sulfonamides is 1. The van der Waals surface area contributed by atoms with Crippen molar-refractivity contribution in [3.05, 3.63) is 57.3 Å². The van der Waals surface area contributed by atoms with Crippen LogP contribution in [-0.2, 0) is 10.0 Å². The van der Waals surface area contributed by atoms with Crippen LogP contribution in [0.25, 0.3) is 0 Å². The van der Waals surface area contributed by atoms with Gasteiger partial charge in [-0.3, -0.25) is 4.79 Å². The molecule has 0 bridgehead atoms. The average molecular weight is 586 g/mol. The Labute approximate surface area is 210 Å². The first-order chi connectivity index (χ1) is 15.1. The number of rotatable bonds is 5. The predicted molar refractivity (Wildman–Crippen MR) is 135 cm³/mol. The molecule has 1 amide bonds. The van der Waals surface area contributed by atoms with Gasteiger partial charge in [0.2, 0.25) is 10.0 Å². The van der Waals surface area contributed by atoms with Crippen molar-refractivity contribution in [2.24, 2.45) is 5.92 Å². The number of carbonyl (C=O) groups excluding carboxylic acids is 1. The summed E-state index contributed by atoms with van der Waals surface area (Å²) in [5.41, 5.74) is 0.315. The minimum atomic E-state index is -3.86. The molecule has 1 aliphatic heterocycles. The number of carbonyl (C=O) groups is 1. The number of aliphatic hydroxyl groups is 1. The highest BCUT2D eigenvalue weighted by Crippen LogP contribution is 2.29. The van der Waals surface area contributed by atoms with E-state index < -0.39 is 27.9 Å². The molecule has 2 unspecified atom stereocenters. The second kappa shape index (κ2) is 12.0. The smallest absolute Gasteiger partial charge is 0.257 e. The first-order valence-electron chi connectivity index (χ1n) is 9.57. The number of anilines is 1. The zero-order valence-electron chi connectivity index (χ0n) is 17.0. The van der Waals surface area contributed by atoms with E-state index in [0.717, 1.165) is 0 Å². The number of halogens is 3. The largest absolute Gasteiger partial charge is 0.393 e. The lowest BCUT2D eigenvalue weighted by atomic mass is 9.94. The molecule has 3 rings (SSSR count). The number of amides is 1. The predicted octanol–water partition coefficient (Wildman–Crippen LogP) is 5.04. The molecule has 1 heterocycles. The topological polar surface area (TPSA) is 86.7 Å². The van der Waals surface area contributed by atoms with E-state index in [4.69, 9.17) is 11.6 Å². The number of thiol groups is 2. The van der Waals surface area contributed by atoms with Gasteiger partial charge in [-0.05, 0) is 71.1 Å². The Bertz CT molecular complexity index is 1070. The van der Waals surface area contributed by atoms with E-state index in [-0.39, 0.29) is 39.0 Å². The van der Waals surface area contributed by atoms with Crippen molar-refractivity contribution in [1.82, 2.24) is 4.31 Å². The van der Waals surface area contributed by atoms with Crippen molar-refractivity contribution < 1.29 is 22.7 Å². The number of hydrogen-bond acceptors (Lipinski definition) is 6. The van der Waals surface area contributed by atoms with Crippen LogP contribution in [0.4, 0.5) is 10.1 Å². The molecule has 0 aliphatic carbocycles. The van der Waals surface area contributed by atoms with Gasteiger partial charge in [0.1, 0.15) is 5.82 Å². The molecule has 0 radical (unpaired) electrons. The van der Waals surface area contributed by atoms with Crippen molar-refractivity contribution in [3.63, 3.8) is 0 Å². The van der Waals surface area contributed by atoms with Gasteiger partial charge in [-0.25, -0.2) is 12.8 Å². The van der Waals surface area contributed by atoms with Crippen LogP contribution >= 0.6 is 50.9 Å². The summed E-state index contributed by atoms with van der Waals surface area (Å²) in [7, 11) is -3.86. The van der Waals surface area contributed by atoms with Crippen LogP contribution < -0.4 is 5.32 Å². The SMILES string of the molecule is CCC1CN(S(=O)(=O)c2ccc(Cl)c(C(=O)Nc3ccc(F)c(Br)c3)c2)CCC1O.SS. The highest BCUT2D eigenvalue weighted by molar-refractivity contribution is 9.10. The summed E-state index contributed by atoms with van der Waals surface area (Å²) >= 11 is 15.6. The lowest BCUT2D eigenvalue weighted by molar-refractivity contribution is 0.0521. The van der Waals surface area contributed by atoms with Gasteiger partial charge < -0.3 is 10.4 Å². The molecule has 1 saturated heterocycles. The van der Waals surface area contributed by atoms with Gasteiger partial charge in [-0.2, -0.15) is 4.31 Å². The molecule has 0 aromatic heterocycles. The van der Waals surface area contributed by atoms with Crippen LogP contribution in [0.15, 0.2) is 45.8 Å². The van der Waals surface area contributed by atoms with Gasteiger partial charge in [-0.15, -0.1) is 23.3 Å². The highest BCUT2D eigenvalue weighted by atomic mass is 79.9. The highest BCUT2D eigenvalue weighted by Gasteiger charge is 2.34. The molecule has 1 aliphatic rings. The van der Waals surface area contributed by atoms with Crippen molar-refractivity contribution in [2.75, 3.05) is 18.4 Å². The molecule has 0 saturated carbocycles. The van der Waals surface area contributed by atoms with Gasteiger partial charge in [-0.1, -0.05) is 18.5 Å². The molecule has 2 N–H and O–H groups in total. The Morgan fingerprint density at radius 2 is 2.00 bits per heavy atom. The third-order valence-corrected chi connectivity index (χ3v) is 7.98. The van der Waals surface area contributed by atoms with Gasteiger partial charge in [0.05, 0.1) is 26.1 Å². The van der Waals surface area contributed by atoms with Gasteiger partial charge in [0, 0.05) is 18.8 Å². The number of nitrogens with zero attached hydrogens (tertiary/aromatic N) is 1. The summed E-state index contributed by atoms with van der Waals surface area (Å²) in [5, 5.41) is 12.7. The molecule has 6 nitrogen and oxygen atoms in total. The van der Waals surface area contributed by atoms with E-state index in [0.29, 0.717) is 18.5 Å². The van der Waals surface area contributed by atoms with E-state index in [9.17, 15) is 22.7 Å². The van der Waals surface area contributed by atoms with Crippen LogP contribution in [0.2, 0.25) is 5.02 Å². The van der Waals surface area contributed by atoms with Crippen molar-refractivity contribution in [1.29, 1.82) is 0 Å². The van der Waals surface area contributed by atoms with Crippen LogP contribution in [0.3, 0.4) is 0 Å². The number of nitrogens with one attached hydrogen (secondary N) is 1. The van der Waals surface area contributed by atoms with E-state index >= 15 is 0 Å². The Hall–Kier alpha value is -0.820. The number of benzene rings is 2. The molecule has 12 heteroatoms. The normalized spacial score (nSPS) is 19.1. The van der Waals surface area contributed by atoms with E-state index in [2.05, 4.69) is 44.6 Å². The maximum absolute atomic E-state index is 13.4. The fraction of sp³-hybridized carbons (Fsp3) is 0.350. The second-order valence-corrected chi connectivity index (χ2v) is 10.3. The van der Waals surface area contributed by atoms with Crippen molar-refractivity contribution in [2.45, 2.75) is 30.8 Å². The molecule has 2 atom stereocenters. The molecule has 32 heavy (non-hydrogen) atoms. The summed E-state index contributed by atoms with van der Waals surface area (Å²) in [6.07, 6.45) is 0.496. The number of hydrogen-bond donors (Lipinski definition) is 4. The lowest BCUT2D eigenvalue weighted by Crippen LogP contribution is -2.45. The van der Waals surface area contributed by atoms with Gasteiger partial charge >= 0.3 is 0 Å². The molecular weight excluding hydrogens is 563 g/mol. The van der Waals surface area contributed by atoms with E-state index in [1.165, 1.54) is 40.7 Å². The third kappa shape index (κ3) is 6.40. The lowest BCUT2D eigenvalue weighted by Gasteiger charge is -2.35. The standard InChI is InChI=1S/C20H21BrClFN2O4S.H2S2/c1-2-12-11-25(8-7-19(12)26)30(28,29)14-4-5-17(22)15(10-14)20(27)24-13-3-6-18(23)16(21)9-13;1-2/h3-6,9-10,12,19,26H,2,7-8,11H2,1H3,(H,24,27);1-2H. The summed E-state index contributed by atoms with van der Waals surface area (Å²) in [6, 6.07) is 7.92. The maximum Gasteiger partial charge on any atom is 0.257 e. The van der Waals surface area contributed by atoms with Crippen LogP contribution in [0, 0.1) is 11.7 Å². The molecule has 176 valence electrons. The molecular formula is C20H23BrClFN2O4S3. The Kier molecular flexibility index (Phi) is 10.3. The number of piperidine rings is 1. The minimum absolute atomic E-state index is 0.0118. The molecule has 0 spiro atoms. The summed E-state index contributed by atoms with van der Waals surface area (Å²) in [5.74, 6) is -1.23. The Balaban J connectivity index is 0.00000176. The van der Waals surface area contributed by atoms with Crippen molar-refractivity contribution >= 4 is 72.5 Å². The Morgan fingerprint density at radius 3 is 2.62 bits per heavy atom.